The lowest BCUT2D eigenvalue weighted by Gasteiger charge is -1.93. The molecule has 0 saturated heterocycles. The number of nitrogens with zero attached hydrogens (tertiary/aromatic N) is 2. The number of carbonyl (C=O) groups is 2. The van der Waals surface area contributed by atoms with Crippen LogP contribution >= 0.6 is 0 Å². The number of nitrogen functional groups attached to an aromatic ring is 1. The third kappa shape index (κ3) is 1.95. The highest BCUT2D eigenvalue weighted by Crippen LogP contribution is 2.07. The number of amides is 1. The van der Waals surface area contributed by atoms with Gasteiger partial charge in [0.25, 0.3) is 0 Å². The average molecular weight is 184 g/mol. The molecular weight excluding hydrogens is 176 g/mol. The van der Waals surface area contributed by atoms with E-state index in [1.54, 1.807) is 0 Å². The van der Waals surface area contributed by atoms with E-state index in [0.29, 0.717) is 0 Å². The summed E-state index contributed by atoms with van der Waals surface area (Å²) in [5.74, 6) is -1.85. The summed E-state index contributed by atoms with van der Waals surface area (Å²) in [4.78, 5) is 20.9. The quantitative estimate of drug-likeness (QED) is 0.535. The van der Waals surface area contributed by atoms with Crippen LogP contribution in [-0.4, -0.2) is 26.8 Å². The van der Waals surface area contributed by atoms with Gasteiger partial charge in [-0.2, -0.15) is 5.10 Å². The number of rotatable bonds is 3. The monoisotopic (exact) mass is 184 g/mol. The molecule has 0 bridgehead atoms. The SMILES string of the molecule is NC(=O)Cn1cc(N)c(C(=O)O)n1. The molecule has 0 aromatic carbocycles. The lowest BCUT2D eigenvalue weighted by atomic mass is 10.4. The van der Waals surface area contributed by atoms with Crippen LogP contribution in [0.4, 0.5) is 5.69 Å². The predicted molar refractivity (Wildman–Crippen MR) is 42.8 cm³/mol. The highest BCUT2D eigenvalue weighted by molar-refractivity contribution is 5.91. The first-order valence-corrected chi connectivity index (χ1v) is 3.35. The van der Waals surface area contributed by atoms with Gasteiger partial charge >= 0.3 is 5.97 Å². The summed E-state index contributed by atoms with van der Waals surface area (Å²) in [7, 11) is 0. The molecule has 0 unspecified atom stereocenters. The molecule has 70 valence electrons. The van der Waals surface area contributed by atoms with E-state index in [1.165, 1.54) is 6.20 Å². The molecule has 7 heteroatoms. The normalized spacial score (nSPS) is 9.85. The van der Waals surface area contributed by atoms with Crippen LogP contribution in [0.3, 0.4) is 0 Å². The van der Waals surface area contributed by atoms with E-state index in [-0.39, 0.29) is 17.9 Å². The number of primary amides is 1. The second kappa shape index (κ2) is 3.13. The van der Waals surface area contributed by atoms with E-state index < -0.39 is 11.9 Å². The molecule has 0 fully saturated rings. The second-order valence-corrected chi connectivity index (χ2v) is 2.40. The Hall–Kier alpha value is -2.05. The number of hydrogen-bond acceptors (Lipinski definition) is 4. The molecule has 0 spiro atoms. The van der Waals surface area contributed by atoms with Crippen LogP contribution in [0.1, 0.15) is 10.5 Å². The number of carbonyl (C=O) groups excluding carboxylic acids is 1. The summed E-state index contributed by atoms with van der Waals surface area (Å²) >= 11 is 0. The Labute approximate surface area is 72.9 Å². The molecule has 0 radical (unpaired) electrons. The van der Waals surface area contributed by atoms with Gasteiger partial charge in [-0.15, -0.1) is 0 Å². The van der Waals surface area contributed by atoms with E-state index in [0.717, 1.165) is 4.68 Å². The number of aromatic carboxylic acids is 1. The van der Waals surface area contributed by atoms with Gasteiger partial charge in [0, 0.05) is 6.20 Å². The van der Waals surface area contributed by atoms with Crippen molar-refractivity contribution in [1.29, 1.82) is 0 Å². The fourth-order valence-electron chi connectivity index (χ4n) is 0.844. The van der Waals surface area contributed by atoms with Crippen molar-refractivity contribution in [3.63, 3.8) is 0 Å². The minimum Gasteiger partial charge on any atom is -0.476 e. The van der Waals surface area contributed by atoms with E-state index in [4.69, 9.17) is 16.6 Å². The molecule has 13 heavy (non-hydrogen) atoms. The van der Waals surface area contributed by atoms with Crippen LogP contribution in [-0.2, 0) is 11.3 Å². The van der Waals surface area contributed by atoms with Crippen LogP contribution in [0.25, 0.3) is 0 Å². The summed E-state index contributed by atoms with van der Waals surface area (Å²) in [5, 5.41) is 12.1. The van der Waals surface area contributed by atoms with Crippen LogP contribution in [0.2, 0.25) is 0 Å². The van der Waals surface area contributed by atoms with Crippen molar-refractivity contribution in [2.24, 2.45) is 5.73 Å². The van der Waals surface area contributed by atoms with Crippen LogP contribution in [0.5, 0.6) is 0 Å². The van der Waals surface area contributed by atoms with Crippen molar-refractivity contribution in [2.45, 2.75) is 6.54 Å². The van der Waals surface area contributed by atoms with Crippen LogP contribution in [0.15, 0.2) is 6.20 Å². The minimum atomic E-state index is -1.24. The zero-order valence-electron chi connectivity index (χ0n) is 6.60. The number of carboxylic acids is 1. The molecule has 1 amide bonds. The fraction of sp³-hybridized carbons (Fsp3) is 0.167. The highest BCUT2D eigenvalue weighted by Gasteiger charge is 2.13. The van der Waals surface area contributed by atoms with Crippen LogP contribution < -0.4 is 11.5 Å². The summed E-state index contributed by atoms with van der Waals surface area (Å²) in [5.41, 5.74) is 9.91. The third-order valence-electron chi connectivity index (χ3n) is 1.31. The van der Waals surface area contributed by atoms with Gasteiger partial charge in [0.05, 0.1) is 5.69 Å². The van der Waals surface area contributed by atoms with E-state index in [1.807, 2.05) is 0 Å². The van der Waals surface area contributed by atoms with Gasteiger partial charge in [0.15, 0.2) is 5.69 Å². The third-order valence-corrected chi connectivity index (χ3v) is 1.31. The van der Waals surface area contributed by atoms with Gasteiger partial charge in [-0.3, -0.25) is 9.48 Å². The fourth-order valence-corrected chi connectivity index (χ4v) is 0.844. The second-order valence-electron chi connectivity index (χ2n) is 2.40. The van der Waals surface area contributed by atoms with Gasteiger partial charge in [-0.1, -0.05) is 0 Å². The summed E-state index contributed by atoms with van der Waals surface area (Å²) < 4.78 is 1.08. The molecule has 1 aromatic rings. The maximum Gasteiger partial charge on any atom is 0.358 e. The van der Waals surface area contributed by atoms with Gasteiger partial charge in [0.1, 0.15) is 6.54 Å². The first-order valence-electron chi connectivity index (χ1n) is 3.35. The van der Waals surface area contributed by atoms with Crippen LogP contribution in [0, 0.1) is 0 Å². The number of carboxylic acid groups (broad SMARTS) is 1. The maximum atomic E-state index is 10.4. The van der Waals surface area contributed by atoms with Crippen molar-refractivity contribution in [3.05, 3.63) is 11.9 Å². The van der Waals surface area contributed by atoms with Crippen molar-refractivity contribution in [3.8, 4) is 0 Å². The number of nitrogens with two attached hydrogens (primary N) is 2. The van der Waals surface area contributed by atoms with Crippen molar-refractivity contribution in [1.82, 2.24) is 9.78 Å². The Kier molecular flexibility index (Phi) is 2.18. The van der Waals surface area contributed by atoms with Gasteiger partial charge < -0.3 is 16.6 Å². The lowest BCUT2D eigenvalue weighted by Crippen LogP contribution is -2.19. The molecule has 0 saturated carbocycles. The van der Waals surface area contributed by atoms with Crippen molar-refractivity contribution < 1.29 is 14.7 Å². The van der Waals surface area contributed by atoms with E-state index in [2.05, 4.69) is 5.10 Å². The lowest BCUT2D eigenvalue weighted by molar-refractivity contribution is -0.118. The summed E-state index contributed by atoms with van der Waals surface area (Å²) in [6, 6.07) is 0. The molecule has 1 aromatic heterocycles. The first kappa shape index (κ1) is 9.04. The molecule has 5 N–H and O–H groups in total. The van der Waals surface area contributed by atoms with E-state index >= 15 is 0 Å². The molecule has 0 aliphatic carbocycles. The maximum absolute atomic E-state index is 10.4. The summed E-state index contributed by atoms with van der Waals surface area (Å²) in [6.07, 6.45) is 1.24. The standard InChI is InChI=1S/C6H8N4O3/c7-3-1-10(2-4(8)11)9-5(3)6(12)13/h1H,2,7H2,(H2,8,11)(H,12,13). The van der Waals surface area contributed by atoms with Gasteiger partial charge in [0.2, 0.25) is 5.91 Å². The Morgan fingerprint density at radius 3 is 2.62 bits per heavy atom. The molecule has 1 rings (SSSR count). The molecule has 7 nitrogen and oxygen atoms in total. The van der Waals surface area contributed by atoms with Crippen molar-refractivity contribution >= 4 is 17.6 Å². The summed E-state index contributed by atoms with van der Waals surface area (Å²) in [6.45, 7) is -0.183. The number of anilines is 1. The molecule has 0 atom stereocenters. The smallest absolute Gasteiger partial charge is 0.358 e. The Morgan fingerprint density at radius 1 is 1.62 bits per heavy atom. The Bertz CT molecular complexity index is 357. The van der Waals surface area contributed by atoms with E-state index in [9.17, 15) is 9.59 Å². The number of hydrogen-bond donors (Lipinski definition) is 3. The zero-order valence-corrected chi connectivity index (χ0v) is 6.60. The highest BCUT2D eigenvalue weighted by atomic mass is 16.4. The Morgan fingerprint density at radius 2 is 2.23 bits per heavy atom. The molecule has 0 aliphatic rings. The first-order chi connectivity index (χ1) is 6.00. The molecule has 1 heterocycles. The minimum absolute atomic E-state index is 0.00810. The predicted octanol–water partition coefficient (Wildman–Crippen LogP) is -1.35. The Balaban J connectivity index is 2.95. The molecule has 0 aliphatic heterocycles. The average Bonchev–Trinajstić information content (AvgIpc) is 2.29. The van der Waals surface area contributed by atoms with Gasteiger partial charge in [-0.25, -0.2) is 4.79 Å². The largest absolute Gasteiger partial charge is 0.476 e. The number of aromatic nitrogens is 2. The topological polar surface area (TPSA) is 124 Å². The molecular formula is C6H8N4O3. The zero-order chi connectivity index (χ0) is 10.0. The van der Waals surface area contributed by atoms with Gasteiger partial charge in [-0.05, 0) is 0 Å². The van der Waals surface area contributed by atoms with Crippen molar-refractivity contribution in [2.75, 3.05) is 5.73 Å².